The van der Waals surface area contributed by atoms with Gasteiger partial charge in [-0.3, -0.25) is 4.98 Å². The molecule has 1 aromatic carbocycles. The Morgan fingerprint density at radius 3 is 2.74 bits per heavy atom. The fraction of sp³-hybridized carbons (Fsp3) is 0.235. The van der Waals surface area contributed by atoms with Crippen LogP contribution in [0.5, 0.6) is 0 Å². The third-order valence-electron chi connectivity index (χ3n) is 4.00. The molecule has 1 aliphatic heterocycles. The second kappa shape index (κ2) is 5.81. The topological polar surface area (TPSA) is 77.2 Å². The summed E-state index contributed by atoms with van der Waals surface area (Å²) >= 11 is 0. The SMILES string of the molecule is Nc1ncc(-c2cccc3cccnc23)nc1N1CCOCC1. The Kier molecular flexibility index (Phi) is 3.51. The van der Waals surface area contributed by atoms with Gasteiger partial charge < -0.3 is 15.4 Å². The Labute approximate surface area is 133 Å². The van der Waals surface area contributed by atoms with Crippen molar-refractivity contribution < 1.29 is 4.74 Å². The molecule has 0 radical (unpaired) electrons. The minimum Gasteiger partial charge on any atom is -0.381 e. The molecule has 116 valence electrons. The molecule has 4 rings (SSSR count). The third-order valence-corrected chi connectivity index (χ3v) is 4.00. The van der Waals surface area contributed by atoms with E-state index in [-0.39, 0.29) is 0 Å². The molecule has 3 heterocycles. The standard InChI is InChI=1S/C17H17N5O/c18-16-17(22-7-9-23-10-8-22)21-14(11-20-16)13-5-1-3-12-4-2-6-19-15(12)13/h1-6,11H,7-10H2,(H2,18,20). The van der Waals surface area contributed by atoms with Crippen LogP contribution in [0.2, 0.25) is 0 Å². The van der Waals surface area contributed by atoms with Crippen LogP contribution in [0.3, 0.4) is 0 Å². The number of morpholine rings is 1. The number of rotatable bonds is 2. The van der Waals surface area contributed by atoms with Crippen LogP contribution >= 0.6 is 0 Å². The largest absolute Gasteiger partial charge is 0.381 e. The summed E-state index contributed by atoms with van der Waals surface area (Å²) in [6.45, 7) is 2.91. The monoisotopic (exact) mass is 307 g/mol. The van der Waals surface area contributed by atoms with Gasteiger partial charge >= 0.3 is 0 Å². The first-order valence-corrected chi connectivity index (χ1v) is 7.62. The lowest BCUT2D eigenvalue weighted by atomic mass is 10.1. The molecule has 3 aromatic rings. The van der Waals surface area contributed by atoms with E-state index < -0.39 is 0 Å². The fourth-order valence-corrected chi connectivity index (χ4v) is 2.84. The smallest absolute Gasteiger partial charge is 0.172 e. The predicted octanol–water partition coefficient (Wildman–Crippen LogP) is 2.11. The Balaban J connectivity index is 1.82. The highest BCUT2D eigenvalue weighted by atomic mass is 16.5. The van der Waals surface area contributed by atoms with E-state index in [0.717, 1.165) is 41.1 Å². The molecule has 23 heavy (non-hydrogen) atoms. The maximum atomic E-state index is 6.04. The highest BCUT2D eigenvalue weighted by Crippen LogP contribution is 2.28. The van der Waals surface area contributed by atoms with Crippen molar-refractivity contribution in [1.29, 1.82) is 0 Å². The highest BCUT2D eigenvalue weighted by molar-refractivity contribution is 5.92. The zero-order chi connectivity index (χ0) is 15.6. The number of nitrogens with two attached hydrogens (primary N) is 1. The Hall–Kier alpha value is -2.73. The van der Waals surface area contributed by atoms with E-state index in [9.17, 15) is 0 Å². The molecule has 0 amide bonds. The first-order valence-electron chi connectivity index (χ1n) is 7.62. The summed E-state index contributed by atoms with van der Waals surface area (Å²) in [5.74, 6) is 1.17. The van der Waals surface area contributed by atoms with Gasteiger partial charge in [0.2, 0.25) is 0 Å². The Bertz CT molecular complexity index is 840. The van der Waals surface area contributed by atoms with E-state index in [0.29, 0.717) is 19.0 Å². The molecule has 1 saturated heterocycles. The quantitative estimate of drug-likeness (QED) is 0.781. The summed E-state index contributed by atoms with van der Waals surface area (Å²) in [4.78, 5) is 15.7. The van der Waals surface area contributed by atoms with Gasteiger partial charge in [0.05, 0.1) is 30.6 Å². The van der Waals surface area contributed by atoms with Gasteiger partial charge in [-0.05, 0) is 6.07 Å². The molecule has 0 saturated carbocycles. The van der Waals surface area contributed by atoms with E-state index in [1.165, 1.54) is 0 Å². The number of benzene rings is 1. The number of pyridine rings is 1. The van der Waals surface area contributed by atoms with Crippen LogP contribution < -0.4 is 10.6 Å². The molecule has 6 heteroatoms. The van der Waals surface area contributed by atoms with Crippen molar-refractivity contribution in [2.24, 2.45) is 0 Å². The summed E-state index contributed by atoms with van der Waals surface area (Å²) in [5.41, 5.74) is 8.70. The fourth-order valence-electron chi connectivity index (χ4n) is 2.84. The van der Waals surface area contributed by atoms with Crippen LogP contribution in [0.15, 0.2) is 42.7 Å². The molecule has 0 spiro atoms. The minimum atomic E-state index is 0.448. The van der Waals surface area contributed by atoms with Crippen LogP contribution in [0.4, 0.5) is 11.6 Å². The number of hydrogen-bond acceptors (Lipinski definition) is 6. The van der Waals surface area contributed by atoms with Crippen molar-refractivity contribution >= 4 is 22.5 Å². The van der Waals surface area contributed by atoms with Crippen molar-refractivity contribution in [3.8, 4) is 11.3 Å². The second-order valence-electron chi connectivity index (χ2n) is 5.44. The van der Waals surface area contributed by atoms with Gasteiger partial charge in [0.15, 0.2) is 11.6 Å². The van der Waals surface area contributed by atoms with Gasteiger partial charge in [-0.25, -0.2) is 9.97 Å². The molecule has 0 atom stereocenters. The average Bonchev–Trinajstić information content (AvgIpc) is 2.62. The normalized spacial score (nSPS) is 15.0. The minimum absolute atomic E-state index is 0.448. The molecular formula is C17H17N5O. The number of nitrogens with zero attached hydrogens (tertiary/aromatic N) is 4. The number of aromatic nitrogens is 3. The summed E-state index contributed by atoms with van der Waals surface area (Å²) < 4.78 is 5.39. The molecular weight excluding hydrogens is 290 g/mol. The van der Waals surface area contributed by atoms with E-state index in [4.69, 9.17) is 15.5 Å². The molecule has 2 aromatic heterocycles. The molecule has 0 bridgehead atoms. The van der Waals surface area contributed by atoms with Crippen molar-refractivity contribution in [2.45, 2.75) is 0 Å². The first kappa shape index (κ1) is 13.9. The van der Waals surface area contributed by atoms with Gasteiger partial charge in [-0.15, -0.1) is 0 Å². The molecule has 1 aliphatic rings. The van der Waals surface area contributed by atoms with Gasteiger partial charge in [-0.2, -0.15) is 0 Å². The van der Waals surface area contributed by atoms with Gasteiger partial charge in [0.1, 0.15) is 0 Å². The number of hydrogen-bond donors (Lipinski definition) is 1. The summed E-state index contributed by atoms with van der Waals surface area (Å²) in [6, 6.07) is 10.0. The number of para-hydroxylation sites is 1. The lowest BCUT2D eigenvalue weighted by Crippen LogP contribution is -2.37. The summed E-state index contributed by atoms with van der Waals surface area (Å²) in [6.07, 6.45) is 3.50. The van der Waals surface area contributed by atoms with Gasteiger partial charge in [0, 0.05) is 30.2 Å². The summed E-state index contributed by atoms with van der Waals surface area (Å²) in [5, 5.41) is 1.08. The van der Waals surface area contributed by atoms with Crippen molar-refractivity contribution in [3.05, 3.63) is 42.7 Å². The van der Waals surface area contributed by atoms with Crippen LogP contribution in [-0.4, -0.2) is 41.3 Å². The van der Waals surface area contributed by atoms with Gasteiger partial charge in [-0.1, -0.05) is 24.3 Å². The lowest BCUT2D eigenvalue weighted by Gasteiger charge is -2.28. The van der Waals surface area contributed by atoms with Crippen molar-refractivity contribution in [1.82, 2.24) is 15.0 Å². The van der Waals surface area contributed by atoms with Crippen LogP contribution in [-0.2, 0) is 4.74 Å². The van der Waals surface area contributed by atoms with Crippen LogP contribution in [0, 0.1) is 0 Å². The maximum Gasteiger partial charge on any atom is 0.172 e. The Morgan fingerprint density at radius 2 is 1.87 bits per heavy atom. The van der Waals surface area contributed by atoms with E-state index in [2.05, 4.69) is 14.9 Å². The maximum absolute atomic E-state index is 6.04. The zero-order valence-corrected chi connectivity index (χ0v) is 12.6. The average molecular weight is 307 g/mol. The lowest BCUT2D eigenvalue weighted by molar-refractivity contribution is 0.122. The van der Waals surface area contributed by atoms with Gasteiger partial charge in [0.25, 0.3) is 0 Å². The highest BCUT2D eigenvalue weighted by Gasteiger charge is 2.17. The molecule has 1 fully saturated rings. The van der Waals surface area contributed by atoms with Crippen molar-refractivity contribution in [2.75, 3.05) is 36.9 Å². The summed E-state index contributed by atoms with van der Waals surface area (Å²) in [7, 11) is 0. The van der Waals surface area contributed by atoms with E-state index in [1.54, 1.807) is 12.4 Å². The number of anilines is 2. The number of ether oxygens (including phenoxy) is 1. The number of nitrogen functional groups attached to an aromatic ring is 1. The molecule has 0 unspecified atom stereocenters. The van der Waals surface area contributed by atoms with E-state index in [1.807, 2.05) is 30.3 Å². The molecule has 2 N–H and O–H groups in total. The third kappa shape index (κ3) is 2.57. The zero-order valence-electron chi connectivity index (χ0n) is 12.6. The van der Waals surface area contributed by atoms with E-state index >= 15 is 0 Å². The first-order chi connectivity index (χ1) is 11.3. The number of fused-ring (bicyclic) bond motifs is 1. The molecule has 0 aliphatic carbocycles. The second-order valence-corrected chi connectivity index (χ2v) is 5.44. The molecule has 6 nitrogen and oxygen atoms in total. The Morgan fingerprint density at radius 1 is 1.04 bits per heavy atom. The predicted molar refractivity (Wildman–Crippen MR) is 90.2 cm³/mol. The van der Waals surface area contributed by atoms with Crippen LogP contribution in [0.25, 0.3) is 22.2 Å². The van der Waals surface area contributed by atoms with Crippen molar-refractivity contribution in [3.63, 3.8) is 0 Å². The van der Waals surface area contributed by atoms with Crippen LogP contribution in [0.1, 0.15) is 0 Å².